The van der Waals surface area contributed by atoms with Crippen molar-refractivity contribution in [2.45, 2.75) is 341 Å². The lowest BCUT2D eigenvalue weighted by Gasteiger charge is -2.20. The Morgan fingerprint density at radius 1 is 0.391 bits per heavy atom. The lowest BCUT2D eigenvalue weighted by atomic mass is 10.0. The molecule has 3 N–H and O–H groups in total. The molecule has 2 unspecified atom stereocenters. The van der Waals surface area contributed by atoms with Gasteiger partial charge in [0.15, 0.2) is 0 Å². The minimum Gasteiger partial charge on any atom is -0.466 e. The Kier molecular flexibility index (Phi) is 57.0. The van der Waals surface area contributed by atoms with Crippen molar-refractivity contribution in [2.75, 3.05) is 13.2 Å². The first-order valence-corrected chi connectivity index (χ1v) is 30.8. The van der Waals surface area contributed by atoms with Crippen molar-refractivity contribution < 1.29 is 24.5 Å². The highest BCUT2D eigenvalue weighted by molar-refractivity contribution is 5.76. The largest absolute Gasteiger partial charge is 0.466 e. The summed E-state index contributed by atoms with van der Waals surface area (Å²) < 4.78 is 5.48. The number of ether oxygens (including phenoxy) is 1. The lowest BCUT2D eigenvalue weighted by molar-refractivity contribution is -0.143. The molecule has 406 valence electrons. The maximum absolute atomic E-state index is 12.5. The average Bonchev–Trinajstić information content (AvgIpc) is 3.35. The van der Waals surface area contributed by atoms with E-state index in [4.69, 9.17) is 4.74 Å². The number of nitrogens with one attached hydrogen (secondary N) is 1. The van der Waals surface area contributed by atoms with Crippen LogP contribution in [0.4, 0.5) is 0 Å². The van der Waals surface area contributed by atoms with Crippen molar-refractivity contribution in [1.29, 1.82) is 0 Å². The molecule has 0 fully saturated rings. The van der Waals surface area contributed by atoms with Crippen molar-refractivity contribution in [1.82, 2.24) is 5.32 Å². The first kappa shape index (κ1) is 67.1. The van der Waals surface area contributed by atoms with Crippen LogP contribution in [0.5, 0.6) is 0 Å². The highest BCUT2D eigenvalue weighted by Gasteiger charge is 2.18. The molecule has 0 radical (unpaired) electrons. The van der Waals surface area contributed by atoms with E-state index in [9.17, 15) is 19.8 Å². The van der Waals surface area contributed by atoms with E-state index in [1.165, 1.54) is 244 Å². The number of hydrogen-bond acceptors (Lipinski definition) is 5. The number of esters is 1. The first-order valence-electron chi connectivity index (χ1n) is 30.8. The fourth-order valence-corrected chi connectivity index (χ4v) is 9.39. The Balaban J connectivity index is 3.47. The van der Waals surface area contributed by atoms with Crippen LogP contribution in [-0.4, -0.2) is 47.4 Å². The quantitative estimate of drug-likeness (QED) is 0.0321. The maximum Gasteiger partial charge on any atom is 0.305 e. The van der Waals surface area contributed by atoms with Crippen LogP contribution in [0.1, 0.15) is 328 Å². The van der Waals surface area contributed by atoms with Gasteiger partial charge in [0.1, 0.15) is 0 Å². The minimum atomic E-state index is -0.854. The zero-order valence-corrected chi connectivity index (χ0v) is 46.3. The number of aliphatic hydroxyl groups excluding tert-OH is 2. The Morgan fingerprint density at radius 2 is 0.681 bits per heavy atom. The van der Waals surface area contributed by atoms with Crippen LogP contribution in [0.3, 0.4) is 0 Å². The Bertz CT molecular complexity index is 1120. The van der Waals surface area contributed by atoms with Gasteiger partial charge in [0.25, 0.3) is 0 Å². The van der Waals surface area contributed by atoms with Crippen LogP contribution in [0, 0.1) is 0 Å². The third kappa shape index (κ3) is 55.2. The highest BCUT2D eigenvalue weighted by atomic mass is 16.5. The van der Waals surface area contributed by atoms with Gasteiger partial charge >= 0.3 is 5.97 Å². The van der Waals surface area contributed by atoms with Gasteiger partial charge in [-0.25, -0.2) is 0 Å². The molecule has 0 aliphatic heterocycles. The van der Waals surface area contributed by atoms with Crippen molar-refractivity contribution in [2.24, 2.45) is 0 Å². The summed E-state index contributed by atoms with van der Waals surface area (Å²) in [4.78, 5) is 24.5. The zero-order chi connectivity index (χ0) is 50.0. The van der Waals surface area contributed by atoms with E-state index in [0.717, 1.165) is 57.8 Å². The molecule has 6 nitrogen and oxygen atoms in total. The van der Waals surface area contributed by atoms with Crippen LogP contribution < -0.4 is 5.32 Å². The number of amides is 1. The summed E-state index contributed by atoms with van der Waals surface area (Å²) in [5.74, 6) is -0.0820. The Hall–Kier alpha value is -1.92. The summed E-state index contributed by atoms with van der Waals surface area (Å²) in [6, 6.07) is -0.639. The molecule has 0 aromatic rings. The number of aliphatic hydroxyl groups is 2. The molecule has 0 saturated heterocycles. The van der Waals surface area contributed by atoms with Gasteiger partial charge in [-0.15, -0.1) is 0 Å². The summed E-state index contributed by atoms with van der Waals surface area (Å²) in [5, 5.41) is 23.1. The third-order valence-corrected chi connectivity index (χ3v) is 14.1. The van der Waals surface area contributed by atoms with Crippen LogP contribution >= 0.6 is 0 Å². The van der Waals surface area contributed by atoms with Gasteiger partial charge in [-0.2, -0.15) is 0 Å². The van der Waals surface area contributed by atoms with Crippen molar-refractivity contribution in [3.8, 4) is 0 Å². The number of carbonyl (C=O) groups excluding carboxylic acids is 2. The molecule has 0 rings (SSSR count). The highest BCUT2D eigenvalue weighted by Crippen LogP contribution is 2.17. The number of rotatable bonds is 57. The van der Waals surface area contributed by atoms with E-state index in [1.54, 1.807) is 6.08 Å². The van der Waals surface area contributed by atoms with Gasteiger partial charge in [-0.3, -0.25) is 9.59 Å². The molecule has 0 aromatic heterocycles. The van der Waals surface area contributed by atoms with Crippen LogP contribution in [0.15, 0.2) is 36.5 Å². The third-order valence-electron chi connectivity index (χ3n) is 14.1. The van der Waals surface area contributed by atoms with E-state index in [1.807, 2.05) is 6.08 Å². The summed E-state index contributed by atoms with van der Waals surface area (Å²) in [6.45, 7) is 4.90. The average molecular weight is 971 g/mol. The maximum atomic E-state index is 12.5. The Labute approximate surface area is 430 Å². The number of allylic oxidation sites excluding steroid dienone is 5. The van der Waals surface area contributed by atoms with E-state index < -0.39 is 12.1 Å². The fourth-order valence-electron chi connectivity index (χ4n) is 9.39. The fraction of sp³-hybridized carbons (Fsp3) is 0.873. The molecular weight excluding hydrogens is 851 g/mol. The van der Waals surface area contributed by atoms with Gasteiger partial charge in [-0.05, 0) is 83.5 Å². The van der Waals surface area contributed by atoms with Gasteiger partial charge in [-0.1, -0.05) is 269 Å². The number of unbranched alkanes of at least 4 members (excludes halogenated alkanes) is 42. The molecule has 0 saturated carbocycles. The lowest BCUT2D eigenvalue weighted by Crippen LogP contribution is -2.45. The van der Waals surface area contributed by atoms with E-state index >= 15 is 0 Å². The van der Waals surface area contributed by atoms with Crippen LogP contribution in [0.25, 0.3) is 0 Å². The minimum absolute atomic E-state index is 0.00112. The number of carbonyl (C=O) groups is 2. The van der Waals surface area contributed by atoms with Crippen LogP contribution in [0.2, 0.25) is 0 Å². The van der Waals surface area contributed by atoms with Crippen molar-refractivity contribution in [3.63, 3.8) is 0 Å². The second kappa shape index (κ2) is 58.6. The summed E-state index contributed by atoms with van der Waals surface area (Å²) >= 11 is 0. The predicted octanol–water partition coefficient (Wildman–Crippen LogP) is 19.2. The van der Waals surface area contributed by atoms with Gasteiger partial charge in [0, 0.05) is 12.8 Å². The molecule has 1 amide bonds. The van der Waals surface area contributed by atoms with E-state index in [2.05, 4.69) is 43.5 Å². The zero-order valence-electron chi connectivity index (χ0n) is 46.3. The standard InChI is InChI=1S/C63H119NO5/c1-3-5-7-9-11-13-15-17-19-23-27-31-35-39-43-47-51-55-61(66)60(59-65)64-62(67)56-52-48-44-40-36-32-28-25-21-22-26-30-34-38-42-46-50-54-58-69-63(68)57-53-49-45-41-37-33-29-24-20-18-16-14-12-10-8-6-4-2/h18,20,25,28,51,55,60-61,65-66H,3-17,19,21-24,26-27,29-50,52-54,56-59H2,1-2H3,(H,64,67)/b20-18-,28-25-,55-51+. The van der Waals surface area contributed by atoms with Crippen molar-refractivity contribution >= 4 is 11.9 Å². The van der Waals surface area contributed by atoms with Crippen molar-refractivity contribution in [3.05, 3.63) is 36.5 Å². The SMILES string of the molecule is CCCCCCCC/C=C\CCCCCCCCCC(=O)OCCCCCCCCCCC/C=C\CCCCCCCC(=O)NC(CO)C(O)/C=C/CCCCCCCCCCCCCCCCC. The summed E-state index contributed by atoms with van der Waals surface area (Å²) in [6.07, 6.45) is 73.2. The molecule has 0 spiro atoms. The molecule has 0 aliphatic rings. The monoisotopic (exact) mass is 970 g/mol. The number of hydrogen-bond donors (Lipinski definition) is 3. The summed E-state index contributed by atoms with van der Waals surface area (Å²) in [5.41, 5.74) is 0. The molecule has 69 heavy (non-hydrogen) atoms. The van der Waals surface area contributed by atoms with E-state index in [-0.39, 0.29) is 18.5 Å². The molecular formula is C63H119NO5. The molecule has 2 atom stereocenters. The van der Waals surface area contributed by atoms with Crippen LogP contribution in [-0.2, 0) is 14.3 Å². The van der Waals surface area contributed by atoms with Gasteiger partial charge in [0.05, 0.1) is 25.4 Å². The molecule has 0 bridgehead atoms. The molecule has 0 aromatic carbocycles. The predicted molar refractivity (Wildman–Crippen MR) is 301 cm³/mol. The van der Waals surface area contributed by atoms with Gasteiger partial charge in [0.2, 0.25) is 5.91 Å². The normalized spacial score (nSPS) is 12.8. The topological polar surface area (TPSA) is 95.9 Å². The molecule has 0 aliphatic carbocycles. The van der Waals surface area contributed by atoms with Gasteiger partial charge < -0.3 is 20.3 Å². The summed E-state index contributed by atoms with van der Waals surface area (Å²) in [7, 11) is 0. The molecule has 0 heterocycles. The first-order chi connectivity index (χ1) is 34.0. The Morgan fingerprint density at radius 3 is 1.03 bits per heavy atom. The smallest absolute Gasteiger partial charge is 0.305 e. The second-order valence-electron chi connectivity index (χ2n) is 21.0. The van der Waals surface area contributed by atoms with E-state index in [0.29, 0.717) is 19.4 Å². The molecule has 6 heteroatoms. The second-order valence-corrected chi connectivity index (χ2v) is 21.0.